The first-order chi connectivity index (χ1) is 8.04. The van der Waals surface area contributed by atoms with Crippen molar-refractivity contribution in [1.82, 2.24) is 10.2 Å². The molecule has 1 rings (SSSR count). The molecule has 17 heavy (non-hydrogen) atoms. The van der Waals surface area contributed by atoms with Crippen molar-refractivity contribution < 1.29 is 19.7 Å². The summed E-state index contributed by atoms with van der Waals surface area (Å²) in [6.45, 7) is 1.11. The van der Waals surface area contributed by atoms with Gasteiger partial charge in [-0.05, 0) is 19.1 Å². The van der Waals surface area contributed by atoms with Gasteiger partial charge in [0.1, 0.15) is 5.82 Å². The van der Waals surface area contributed by atoms with Crippen LogP contribution in [-0.4, -0.2) is 52.2 Å². The van der Waals surface area contributed by atoms with Crippen molar-refractivity contribution in [2.45, 2.75) is 12.5 Å². The number of aliphatic hydroxyl groups is 2. The molecule has 0 spiro atoms. The molecule has 1 heterocycles. The second kappa shape index (κ2) is 5.55. The molecule has 7 nitrogen and oxygen atoms in total. The third kappa shape index (κ3) is 3.36. The number of carbonyl (C=O) groups excluding carboxylic acids is 1. The third-order valence-corrected chi connectivity index (χ3v) is 2.19. The fraction of sp³-hybridized carbons (Fsp3) is 0.500. The first-order valence-electron chi connectivity index (χ1n) is 4.96. The van der Waals surface area contributed by atoms with Crippen LogP contribution in [0, 0.1) is 0 Å². The van der Waals surface area contributed by atoms with E-state index in [1.807, 2.05) is 0 Å². The molecule has 7 heteroatoms. The number of rotatable bonds is 5. The predicted octanol–water partition coefficient (Wildman–Crippen LogP) is -0.582. The van der Waals surface area contributed by atoms with Gasteiger partial charge in [0.2, 0.25) is 0 Å². The maximum Gasteiger partial charge on any atom is 0.358 e. The number of nitrogens with zero attached hydrogens (tertiary/aromatic N) is 2. The van der Waals surface area contributed by atoms with Crippen molar-refractivity contribution in [2.75, 3.05) is 25.6 Å². The van der Waals surface area contributed by atoms with Gasteiger partial charge in [0.15, 0.2) is 5.69 Å². The fourth-order valence-electron chi connectivity index (χ4n) is 1.05. The number of methoxy groups -OCH3 is 1. The van der Waals surface area contributed by atoms with E-state index in [4.69, 9.17) is 10.2 Å². The molecule has 0 aliphatic rings. The number of hydrogen-bond donors (Lipinski definition) is 3. The lowest BCUT2D eigenvalue weighted by Gasteiger charge is -2.26. The topological polar surface area (TPSA) is 105 Å². The van der Waals surface area contributed by atoms with Gasteiger partial charge in [-0.3, -0.25) is 0 Å². The molecule has 0 aromatic carbocycles. The number of esters is 1. The molecule has 1 aromatic heterocycles. The van der Waals surface area contributed by atoms with E-state index in [0.717, 1.165) is 0 Å². The number of nitrogens with one attached hydrogen (secondary N) is 1. The highest BCUT2D eigenvalue weighted by atomic mass is 16.5. The van der Waals surface area contributed by atoms with Gasteiger partial charge in [-0.15, -0.1) is 10.2 Å². The summed E-state index contributed by atoms with van der Waals surface area (Å²) in [7, 11) is 1.25. The second-order valence-corrected chi connectivity index (χ2v) is 3.80. The van der Waals surface area contributed by atoms with Crippen molar-refractivity contribution in [3.05, 3.63) is 17.8 Å². The van der Waals surface area contributed by atoms with E-state index in [2.05, 4.69) is 20.3 Å². The second-order valence-electron chi connectivity index (χ2n) is 3.80. The molecule has 0 atom stereocenters. The third-order valence-electron chi connectivity index (χ3n) is 2.19. The Labute approximate surface area is 98.4 Å². The molecule has 0 unspecified atom stereocenters. The molecule has 3 N–H and O–H groups in total. The number of aromatic nitrogens is 2. The summed E-state index contributed by atoms with van der Waals surface area (Å²) in [5.74, 6) is -0.223. The van der Waals surface area contributed by atoms with Gasteiger partial charge >= 0.3 is 5.97 Å². The molecular formula is C10H15N3O4. The Morgan fingerprint density at radius 2 is 2.06 bits per heavy atom. The Morgan fingerprint density at radius 3 is 2.47 bits per heavy atom. The first-order valence-corrected chi connectivity index (χ1v) is 4.96. The van der Waals surface area contributed by atoms with E-state index < -0.39 is 11.5 Å². The number of aliphatic hydroxyl groups excluding tert-OH is 2. The number of hydrogen-bond acceptors (Lipinski definition) is 7. The number of anilines is 1. The molecule has 0 aliphatic carbocycles. The van der Waals surface area contributed by atoms with E-state index in [0.29, 0.717) is 5.82 Å². The zero-order chi connectivity index (χ0) is 12.9. The van der Waals surface area contributed by atoms with Crippen LogP contribution >= 0.6 is 0 Å². The van der Waals surface area contributed by atoms with E-state index in [1.165, 1.54) is 19.2 Å². The normalized spacial score (nSPS) is 11.1. The molecule has 0 radical (unpaired) electrons. The van der Waals surface area contributed by atoms with Crippen LogP contribution in [0.25, 0.3) is 0 Å². The summed E-state index contributed by atoms with van der Waals surface area (Å²) in [4.78, 5) is 11.1. The minimum absolute atomic E-state index is 0.0905. The van der Waals surface area contributed by atoms with Gasteiger partial charge in [-0.1, -0.05) is 0 Å². The Morgan fingerprint density at radius 1 is 1.41 bits per heavy atom. The summed E-state index contributed by atoms with van der Waals surface area (Å²) in [6, 6.07) is 2.96. The molecule has 0 saturated carbocycles. The average molecular weight is 241 g/mol. The minimum Gasteiger partial charge on any atom is -0.464 e. The van der Waals surface area contributed by atoms with E-state index in [1.54, 1.807) is 6.92 Å². The Kier molecular flexibility index (Phi) is 4.36. The van der Waals surface area contributed by atoms with Gasteiger partial charge in [-0.25, -0.2) is 4.79 Å². The predicted molar refractivity (Wildman–Crippen MR) is 59.6 cm³/mol. The molecule has 0 aliphatic heterocycles. The van der Waals surface area contributed by atoms with Crippen molar-refractivity contribution >= 4 is 11.8 Å². The highest BCUT2D eigenvalue weighted by Crippen LogP contribution is 2.11. The molecule has 0 amide bonds. The maximum absolute atomic E-state index is 11.1. The number of ether oxygens (including phenoxy) is 1. The molecule has 0 saturated heterocycles. The van der Waals surface area contributed by atoms with Crippen molar-refractivity contribution in [3.8, 4) is 0 Å². The van der Waals surface area contributed by atoms with Crippen LogP contribution in [-0.2, 0) is 4.74 Å². The summed E-state index contributed by atoms with van der Waals surface area (Å²) in [6.07, 6.45) is 0. The molecular weight excluding hydrogens is 226 g/mol. The molecule has 0 bridgehead atoms. The van der Waals surface area contributed by atoms with Gasteiger partial charge in [0.05, 0.1) is 25.9 Å². The summed E-state index contributed by atoms with van der Waals surface area (Å²) < 4.78 is 4.48. The Balaban J connectivity index is 2.78. The first kappa shape index (κ1) is 13.3. The maximum atomic E-state index is 11.1. The zero-order valence-electron chi connectivity index (χ0n) is 9.67. The lowest BCUT2D eigenvalue weighted by atomic mass is 10.1. The van der Waals surface area contributed by atoms with Crippen LogP contribution in [0.4, 0.5) is 5.82 Å². The standard InChI is InChI=1S/C10H15N3O4/c1-10(5-14,6-15)11-8-4-3-7(12-13-8)9(16)17-2/h3-4,14-15H,5-6H2,1-2H3,(H,11,13). The largest absolute Gasteiger partial charge is 0.464 e. The van der Waals surface area contributed by atoms with Crippen LogP contribution in [0.3, 0.4) is 0 Å². The Hall–Kier alpha value is -1.73. The molecule has 1 aromatic rings. The van der Waals surface area contributed by atoms with Crippen molar-refractivity contribution in [3.63, 3.8) is 0 Å². The summed E-state index contributed by atoms with van der Waals surface area (Å²) in [5.41, 5.74) is -0.797. The fourth-order valence-corrected chi connectivity index (χ4v) is 1.05. The van der Waals surface area contributed by atoms with Gasteiger partial charge in [-0.2, -0.15) is 0 Å². The van der Waals surface area contributed by atoms with Gasteiger partial charge in [0.25, 0.3) is 0 Å². The smallest absolute Gasteiger partial charge is 0.358 e. The van der Waals surface area contributed by atoms with Crippen molar-refractivity contribution in [1.29, 1.82) is 0 Å². The molecule has 94 valence electrons. The quantitative estimate of drug-likeness (QED) is 0.592. The average Bonchev–Trinajstić information content (AvgIpc) is 2.38. The van der Waals surface area contributed by atoms with Crippen LogP contribution in [0.2, 0.25) is 0 Å². The van der Waals surface area contributed by atoms with E-state index >= 15 is 0 Å². The van der Waals surface area contributed by atoms with Crippen molar-refractivity contribution in [2.24, 2.45) is 0 Å². The SMILES string of the molecule is COC(=O)c1ccc(NC(C)(CO)CO)nn1. The van der Waals surface area contributed by atoms with E-state index in [9.17, 15) is 4.79 Å². The number of carbonyl (C=O) groups is 1. The van der Waals surface area contributed by atoms with E-state index in [-0.39, 0.29) is 18.9 Å². The minimum atomic E-state index is -0.887. The highest BCUT2D eigenvalue weighted by Gasteiger charge is 2.22. The van der Waals surface area contributed by atoms with Crippen LogP contribution in [0.1, 0.15) is 17.4 Å². The lowest BCUT2D eigenvalue weighted by Crippen LogP contribution is -2.42. The molecule has 0 fully saturated rings. The summed E-state index contributed by atoms with van der Waals surface area (Å²) in [5, 5.41) is 28.4. The zero-order valence-corrected chi connectivity index (χ0v) is 9.67. The van der Waals surface area contributed by atoms with Crippen LogP contribution < -0.4 is 5.32 Å². The summed E-state index contributed by atoms with van der Waals surface area (Å²) >= 11 is 0. The van der Waals surface area contributed by atoms with Gasteiger partial charge < -0.3 is 20.3 Å². The lowest BCUT2D eigenvalue weighted by molar-refractivity contribution is 0.0592. The van der Waals surface area contributed by atoms with Crippen LogP contribution in [0.5, 0.6) is 0 Å². The van der Waals surface area contributed by atoms with Crippen LogP contribution in [0.15, 0.2) is 12.1 Å². The monoisotopic (exact) mass is 241 g/mol. The highest BCUT2D eigenvalue weighted by molar-refractivity contribution is 5.86. The van der Waals surface area contributed by atoms with Gasteiger partial charge in [0, 0.05) is 0 Å². The Bertz CT molecular complexity index is 376.